The molecule has 16 heavy (non-hydrogen) atoms. The Morgan fingerprint density at radius 2 is 2.31 bits per heavy atom. The first-order valence-corrected chi connectivity index (χ1v) is 7.28. The van der Waals surface area contributed by atoms with E-state index in [9.17, 15) is 0 Å². The van der Waals surface area contributed by atoms with E-state index in [2.05, 4.69) is 23.2 Å². The lowest BCUT2D eigenvalue weighted by atomic mass is 10.3. The molecule has 0 aliphatic heterocycles. The Labute approximate surface area is 104 Å². The molecular weight excluding hydrogens is 238 g/mol. The van der Waals surface area contributed by atoms with Gasteiger partial charge in [0, 0.05) is 25.0 Å². The highest BCUT2D eigenvalue weighted by atomic mass is 32.2. The number of aromatic nitrogens is 1. The van der Waals surface area contributed by atoms with Crippen molar-refractivity contribution in [1.29, 1.82) is 0 Å². The Kier molecular flexibility index (Phi) is 3.56. The van der Waals surface area contributed by atoms with E-state index in [1.54, 1.807) is 11.3 Å². The van der Waals surface area contributed by atoms with E-state index in [1.807, 2.05) is 30.0 Å². The standard InChI is InChI=1S/C11H15N3S2/c1-14(5-6-15-2)11-13-9-4-3-8(12)7-10(9)16-11/h3-4,7H,5-6,12H2,1-2H3. The number of hydrogen-bond donors (Lipinski definition) is 1. The molecule has 3 nitrogen and oxygen atoms in total. The van der Waals surface area contributed by atoms with Gasteiger partial charge in [-0.2, -0.15) is 11.8 Å². The minimum Gasteiger partial charge on any atom is -0.399 e. The molecule has 0 bridgehead atoms. The second-order valence-corrected chi connectivity index (χ2v) is 5.63. The molecule has 0 saturated carbocycles. The monoisotopic (exact) mass is 253 g/mol. The molecule has 86 valence electrons. The zero-order valence-corrected chi connectivity index (χ0v) is 11.1. The van der Waals surface area contributed by atoms with Crippen LogP contribution in [0.15, 0.2) is 18.2 Å². The second-order valence-electron chi connectivity index (χ2n) is 3.64. The molecule has 1 aromatic heterocycles. The van der Waals surface area contributed by atoms with Gasteiger partial charge >= 0.3 is 0 Å². The summed E-state index contributed by atoms with van der Waals surface area (Å²) in [5.74, 6) is 1.12. The molecular formula is C11H15N3S2. The van der Waals surface area contributed by atoms with Gasteiger partial charge in [-0.15, -0.1) is 0 Å². The first-order chi connectivity index (χ1) is 7.70. The summed E-state index contributed by atoms with van der Waals surface area (Å²) in [6.45, 7) is 1.02. The SMILES string of the molecule is CSCCN(C)c1nc2ccc(N)cc2s1. The van der Waals surface area contributed by atoms with Crippen LogP contribution in [0, 0.1) is 0 Å². The van der Waals surface area contributed by atoms with Crippen LogP contribution in [0.4, 0.5) is 10.8 Å². The van der Waals surface area contributed by atoms with Gasteiger partial charge in [-0.25, -0.2) is 4.98 Å². The fourth-order valence-electron chi connectivity index (χ4n) is 1.42. The molecule has 0 fully saturated rings. The van der Waals surface area contributed by atoms with Gasteiger partial charge in [-0.1, -0.05) is 11.3 Å². The maximum Gasteiger partial charge on any atom is 0.186 e. The third-order valence-corrected chi connectivity index (χ3v) is 4.08. The Morgan fingerprint density at radius 3 is 3.06 bits per heavy atom. The zero-order valence-electron chi connectivity index (χ0n) is 9.43. The van der Waals surface area contributed by atoms with Gasteiger partial charge in [0.2, 0.25) is 0 Å². The van der Waals surface area contributed by atoms with E-state index in [1.165, 1.54) is 0 Å². The summed E-state index contributed by atoms with van der Waals surface area (Å²) in [5.41, 5.74) is 7.58. The van der Waals surface area contributed by atoms with E-state index in [0.29, 0.717) is 0 Å². The summed E-state index contributed by atoms with van der Waals surface area (Å²) in [6.07, 6.45) is 2.12. The van der Waals surface area contributed by atoms with Crippen LogP contribution in [0.1, 0.15) is 0 Å². The Hall–Kier alpha value is -0.940. The van der Waals surface area contributed by atoms with Crippen LogP contribution < -0.4 is 10.6 Å². The normalized spacial score (nSPS) is 10.9. The van der Waals surface area contributed by atoms with Crippen molar-refractivity contribution < 1.29 is 0 Å². The summed E-state index contributed by atoms with van der Waals surface area (Å²) in [7, 11) is 2.08. The van der Waals surface area contributed by atoms with Crippen LogP contribution in [0.2, 0.25) is 0 Å². The minimum atomic E-state index is 0.800. The molecule has 0 spiro atoms. The molecule has 2 aromatic rings. The van der Waals surface area contributed by atoms with E-state index < -0.39 is 0 Å². The maximum absolute atomic E-state index is 5.75. The Balaban J connectivity index is 2.25. The summed E-state index contributed by atoms with van der Waals surface area (Å²) in [5, 5.41) is 1.06. The van der Waals surface area contributed by atoms with Crippen molar-refractivity contribution >= 4 is 44.1 Å². The van der Waals surface area contributed by atoms with Crippen molar-refractivity contribution in [3.8, 4) is 0 Å². The summed E-state index contributed by atoms with van der Waals surface area (Å²) >= 11 is 3.54. The number of fused-ring (bicyclic) bond motifs is 1. The number of nitrogens with zero attached hydrogens (tertiary/aromatic N) is 2. The highest BCUT2D eigenvalue weighted by Gasteiger charge is 2.07. The van der Waals surface area contributed by atoms with E-state index in [4.69, 9.17) is 5.73 Å². The average Bonchev–Trinajstić information content (AvgIpc) is 2.68. The third-order valence-electron chi connectivity index (χ3n) is 2.36. The van der Waals surface area contributed by atoms with Crippen LogP contribution in [-0.2, 0) is 0 Å². The molecule has 0 saturated heterocycles. The Morgan fingerprint density at radius 1 is 1.50 bits per heavy atom. The van der Waals surface area contributed by atoms with E-state index in [0.717, 1.165) is 33.3 Å². The molecule has 5 heteroatoms. The predicted molar refractivity (Wildman–Crippen MR) is 75.7 cm³/mol. The van der Waals surface area contributed by atoms with Crippen molar-refractivity contribution in [2.45, 2.75) is 0 Å². The van der Waals surface area contributed by atoms with Gasteiger partial charge < -0.3 is 10.6 Å². The van der Waals surface area contributed by atoms with Gasteiger partial charge in [0.25, 0.3) is 0 Å². The lowest BCUT2D eigenvalue weighted by molar-refractivity contribution is 0.971. The molecule has 0 atom stereocenters. The lowest BCUT2D eigenvalue weighted by Crippen LogP contribution is -2.19. The van der Waals surface area contributed by atoms with Gasteiger partial charge in [0.05, 0.1) is 10.2 Å². The van der Waals surface area contributed by atoms with Gasteiger partial charge in [0.15, 0.2) is 5.13 Å². The topological polar surface area (TPSA) is 42.2 Å². The van der Waals surface area contributed by atoms with Crippen molar-refractivity contribution in [1.82, 2.24) is 4.98 Å². The van der Waals surface area contributed by atoms with Crippen molar-refractivity contribution in [2.24, 2.45) is 0 Å². The van der Waals surface area contributed by atoms with Gasteiger partial charge in [-0.05, 0) is 24.5 Å². The van der Waals surface area contributed by atoms with Gasteiger partial charge in [0.1, 0.15) is 0 Å². The molecule has 0 aliphatic rings. The highest BCUT2D eigenvalue weighted by Crippen LogP contribution is 2.29. The number of hydrogen-bond acceptors (Lipinski definition) is 5. The summed E-state index contributed by atoms with van der Waals surface area (Å²) in [6, 6.07) is 5.86. The number of thioether (sulfide) groups is 1. The predicted octanol–water partition coefficient (Wildman–Crippen LogP) is 2.68. The number of nitrogens with two attached hydrogens (primary N) is 1. The number of thiazole rings is 1. The quantitative estimate of drug-likeness (QED) is 0.851. The molecule has 0 amide bonds. The number of rotatable bonds is 4. The number of anilines is 2. The molecule has 1 heterocycles. The van der Waals surface area contributed by atoms with Crippen LogP contribution in [0.25, 0.3) is 10.2 Å². The largest absolute Gasteiger partial charge is 0.399 e. The van der Waals surface area contributed by atoms with Crippen LogP contribution in [-0.4, -0.2) is 30.6 Å². The molecule has 2 rings (SSSR count). The first-order valence-electron chi connectivity index (χ1n) is 5.07. The fourth-order valence-corrected chi connectivity index (χ4v) is 2.87. The van der Waals surface area contributed by atoms with E-state index >= 15 is 0 Å². The van der Waals surface area contributed by atoms with E-state index in [-0.39, 0.29) is 0 Å². The summed E-state index contributed by atoms with van der Waals surface area (Å²) in [4.78, 5) is 6.78. The fraction of sp³-hybridized carbons (Fsp3) is 0.364. The van der Waals surface area contributed by atoms with Crippen molar-refractivity contribution in [2.75, 3.05) is 36.2 Å². The maximum atomic E-state index is 5.75. The van der Waals surface area contributed by atoms with Crippen LogP contribution in [0.3, 0.4) is 0 Å². The summed E-state index contributed by atoms with van der Waals surface area (Å²) < 4.78 is 1.16. The van der Waals surface area contributed by atoms with Crippen LogP contribution in [0.5, 0.6) is 0 Å². The first kappa shape index (κ1) is 11.5. The van der Waals surface area contributed by atoms with Crippen molar-refractivity contribution in [3.05, 3.63) is 18.2 Å². The molecule has 0 radical (unpaired) electrons. The smallest absolute Gasteiger partial charge is 0.186 e. The van der Waals surface area contributed by atoms with Crippen LogP contribution >= 0.6 is 23.1 Å². The third kappa shape index (κ3) is 2.41. The molecule has 2 N–H and O–H groups in total. The second kappa shape index (κ2) is 4.93. The molecule has 0 unspecified atom stereocenters. The molecule has 1 aromatic carbocycles. The number of nitrogen functional groups attached to an aromatic ring is 1. The Bertz CT molecular complexity index is 481. The minimum absolute atomic E-state index is 0.800. The molecule has 0 aliphatic carbocycles. The number of benzene rings is 1. The average molecular weight is 253 g/mol. The highest BCUT2D eigenvalue weighted by molar-refractivity contribution is 7.98. The lowest BCUT2D eigenvalue weighted by Gasteiger charge is -2.13. The zero-order chi connectivity index (χ0) is 11.5. The van der Waals surface area contributed by atoms with Crippen molar-refractivity contribution in [3.63, 3.8) is 0 Å². The van der Waals surface area contributed by atoms with Gasteiger partial charge in [-0.3, -0.25) is 0 Å².